The molecule has 0 aromatic rings. The molecule has 0 aliphatic carbocycles. The smallest absolute Gasteiger partial charge is 0.462 e. The summed E-state index contributed by atoms with van der Waals surface area (Å²) in [5.74, 6) is -1.40. The third kappa shape index (κ3) is 76.3. The average molecular weight is 1490 g/mol. The molecule has 2 unspecified atom stereocenters. The fraction of sp³-hybridized carbons (Fsp3) is 0.952. The van der Waals surface area contributed by atoms with E-state index in [9.17, 15) is 43.2 Å². The summed E-state index contributed by atoms with van der Waals surface area (Å²) in [7, 11) is -9.92. The predicted octanol–water partition coefficient (Wildman–Crippen LogP) is 25.2. The molecular weight excluding hydrogens is 1330 g/mol. The van der Waals surface area contributed by atoms with Crippen molar-refractivity contribution in [3.63, 3.8) is 0 Å². The lowest BCUT2D eigenvalue weighted by Crippen LogP contribution is -2.30. The number of aliphatic hydroxyl groups excluding tert-OH is 1. The second-order valence-corrected chi connectivity index (χ2v) is 33.3. The fourth-order valence-corrected chi connectivity index (χ4v) is 14.5. The van der Waals surface area contributed by atoms with Gasteiger partial charge in [0, 0.05) is 25.7 Å². The molecule has 0 radical (unpaired) electrons. The Kier molecular flexibility index (Phi) is 74.4. The molecule has 0 aliphatic rings. The minimum Gasteiger partial charge on any atom is -0.462 e. The van der Waals surface area contributed by atoms with Crippen molar-refractivity contribution < 1.29 is 80.2 Å². The van der Waals surface area contributed by atoms with Crippen LogP contribution in [0.15, 0.2) is 0 Å². The summed E-state index contributed by atoms with van der Waals surface area (Å²) >= 11 is 0. The van der Waals surface area contributed by atoms with Crippen LogP contribution in [0.4, 0.5) is 0 Å². The molecule has 0 amide bonds. The van der Waals surface area contributed by atoms with Gasteiger partial charge in [-0.3, -0.25) is 37.3 Å². The van der Waals surface area contributed by atoms with E-state index in [2.05, 4.69) is 34.6 Å². The van der Waals surface area contributed by atoms with Crippen LogP contribution in [0.25, 0.3) is 0 Å². The third-order valence-electron chi connectivity index (χ3n) is 19.5. The lowest BCUT2D eigenvalue weighted by atomic mass is 10.0. The number of unbranched alkanes of at least 4 members (excludes halogenated alkanes) is 55. The van der Waals surface area contributed by atoms with Crippen LogP contribution in [0.1, 0.15) is 446 Å². The Morgan fingerprint density at radius 1 is 0.265 bits per heavy atom. The van der Waals surface area contributed by atoms with Gasteiger partial charge in [-0.15, -0.1) is 0 Å². The Morgan fingerprint density at radius 3 is 0.667 bits per heavy atom. The molecule has 102 heavy (non-hydrogen) atoms. The van der Waals surface area contributed by atoms with Gasteiger partial charge in [-0.25, -0.2) is 9.13 Å². The van der Waals surface area contributed by atoms with Crippen LogP contribution in [0.3, 0.4) is 0 Å². The van der Waals surface area contributed by atoms with Crippen LogP contribution >= 0.6 is 15.6 Å². The summed E-state index contributed by atoms with van der Waals surface area (Å²) < 4.78 is 68.7. The number of phosphoric ester groups is 2. The lowest BCUT2D eigenvalue weighted by molar-refractivity contribution is -0.161. The van der Waals surface area contributed by atoms with E-state index >= 15 is 0 Å². The first-order valence-corrected chi connectivity index (χ1v) is 46.1. The molecule has 19 heteroatoms. The maximum absolute atomic E-state index is 13.1. The molecule has 0 rings (SSSR count). The number of hydrogen-bond acceptors (Lipinski definition) is 15. The van der Waals surface area contributed by atoms with Gasteiger partial charge in [-0.1, -0.05) is 394 Å². The number of esters is 4. The van der Waals surface area contributed by atoms with Crippen molar-refractivity contribution in [2.75, 3.05) is 39.6 Å². The van der Waals surface area contributed by atoms with E-state index in [1.54, 1.807) is 0 Å². The number of hydrogen-bond donors (Lipinski definition) is 3. The Hall–Kier alpha value is -1.94. The summed E-state index contributed by atoms with van der Waals surface area (Å²) in [5.41, 5.74) is 0. The third-order valence-corrected chi connectivity index (χ3v) is 21.4. The second-order valence-electron chi connectivity index (χ2n) is 30.3. The van der Waals surface area contributed by atoms with Crippen LogP contribution in [0.5, 0.6) is 0 Å². The van der Waals surface area contributed by atoms with E-state index in [1.165, 1.54) is 263 Å². The van der Waals surface area contributed by atoms with Gasteiger partial charge in [0.2, 0.25) is 0 Å². The first kappa shape index (κ1) is 100. The van der Waals surface area contributed by atoms with Gasteiger partial charge in [-0.05, 0) is 31.6 Å². The number of carbonyl (C=O) groups excluding carboxylic acids is 4. The van der Waals surface area contributed by atoms with E-state index < -0.39 is 97.5 Å². The molecule has 0 aromatic heterocycles. The van der Waals surface area contributed by atoms with Crippen molar-refractivity contribution >= 4 is 39.5 Å². The molecule has 606 valence electrons. The number of carbonyl (C=O) groups is 4. The maximum Gasteiger partial charge on any atom is 0.472 e. The molecule has 0 heterocycles. The summed E-state index contributed by atoms with van der Waals surface area (Å²) in [5, 5.41) is 10.6. The quantitative estimate of drug-likeness (QED) is 0.0222. The van der Waals surface area contributed by atoms with Crippen LogP contribution < -0.4 is 0 Å². The Balaban J connectivity index is 5.20. The van der Waals surface area contributed by atoms with E-state index in [0.29, 0.717) is 31.6 Å². The van der Waals surface area contributed by atoms with Crippen molar-refractivity contribution in [1.82, 2.24) is 0 Å². The zero-order valence-electron chi connectivity index (χ0n) is 66.8. The largest absolute Gasteiger partial charge is 0.472 e. The predicted molar refractivity (Wildman–Crippen MR) is 418 cm³/mol. The highest BCUT2D eigenvalue weighted by Crippen LogP contribution is 2.45. The first-order valence-electron chi connectivity index (χ1n) is 43.1. The van der Waals surface area contributed by atoms with Crippen molar-refractivity contribution in [2.24, 2.45) is 5.92 Å². The zero-order chi connectivity index (χ0) is 74.8. The topological polar surface area (TPSA) is 237 Å². The van der Waals surface area contributed by atoms with Gasteiger partial charge >= 0.3 is 39.5 Å². The standard InChI is InChI=1S/C83H162O17P2/c1-6-9-12-15-18-21-24-27-29-31-33-34-35-36-38-40-42-45-48-53-59-64-69-83(88)99-78(72-93-80(85)66-61-56-51-46-44-41-39-37-32-30-28-25-22-19-16-13-10-7-2)74-97-101(89,90)95-70-77(84)71-96-102(91,92)98-75-79(73-94-81(86)67-62-57-54-49-50-55-60-65-76(4)5)100-82(87)68-63-58-52-47-43-26-23-20-17-14-11-8-3/h76-79,84H,6-75H2,1-5H3,(H,89,90)(H,91,92)/t77-,78-,79-/m1/s1. The number of rotatable bonds is 83. The summed E-state index contributed by atoms with van der Waals surface area (Å²) in [4.78, 5) is 73.0. The summed E-state index contributed by atoms with van der Waals surface area (Å²) in [6, 6.07) is 0. The highest BCUT2D eigenvalue weighted by Gasteiger charge is 2.30. The van der Waals surface area contributed by atoms with Gasteiger partial charge in [0.05, 0.1) is 26.4 Å². The molecule has 0 aliphatic heterocycles. The fourth-order valence-electron chi connectivity index (χ4n) is 12.9. The first-order chi connectivity index (χ1) is 49.5. The van der Waals surface area contributed by atoms with Gasteiger partial charge < -0.3 is 33.8 Å². The molecule has 17 nitrogen and oxygen atoms in total. The minimum absolute atomic E-state index is 0.107. The number of aliphatic hydroxyl groups is 1. The highest BCUT2D eigenvalue weighted by atomic mass is 31.2. The van der Waals surface area contributed by atoms with Crippen LogP contribution in [-0.2, 0) is 65.4 Å². The van der Waals surface area contributed by atoms with Crippen molar-refractivity contribution in [2.45, 2.75) is 464 Å². The normalized spacial score (nSPS) is 13.8. The Bertz CT molecular complexity index is 1940. The molecule has 0 saturated heterocycles. The molecule has 5 atom stereocenters. The van der Waals surface area contributed by atoms with Crippen LogP contribution in [-0.4, -0.2) is 96.7 Å². The minimum atomic E-state index is -4.96. The van der Waals surface area contributed by atoms with E-state index in [4.69, 9.17) is 37.0 Å². The van der Waals surface area contributed by atoms with Gasteiger partial charge in [0.25, 0.3) is 0 Å². The second kappa shape index (κ2) is 75.9. The van der Waals surface area contributed by atoms with Gasteiger partial charge in [0.1, 0.15) is 19.3 Å². The monoisotopic (exact) mass is 1490 g/mol. The Morgan fingerprint density at radius 2 is 0.451 bits per heavy atom. The molecule has 0 aromatic carbocycles. The lowest BCUT2D eigenvalue weighted by Gasteiger charge is -2.21. The SMILES string of the molecule is CCCCCCCCCCCCCCCCCCCCCCCCC(=O)O[C@H](COC(=O)CCCCCCCCCCCCCCCCCCCC)COP(=O)(O)OC[C@@H](O)COP(=O)(O)OC[C@@H](COC(=O)CCCCCCCCCC(C)C)OC(=O)CCCCCCCCCCCCCC. The average Bonchev–Trinajstić information content (AvgIpc) is 0.915. The van der Waals surface area contributed by atoms with Crippen LogP contribution in [0.2, 0.25) is 0 Å². The molecule has 0 spiro atoms. The molecule has 0 saturated carbocycles. The van der Waals surface area contributed by atoms with Gasteiger partial charge in [-0.2, -0.15) is 0 Å². The van der Waals surface area contributed by atoms with E-state index in [1.807, 2.05) is 0 Å². The molecular formula is C83H162O17P2. The number of phosphoric acid groups is 2. The van der Waals surface area contributed by atoms with Gasteiger partial charge in [0.15, 0.2) is 12.2 Å². The Labute approximate surface area is 626 Å². The molecule has 3 N–H and O–H groups in total. The van der Waals surface area contributed by atoms with E-state index in [0.717, 1.165) is 96.3 Å². The van der Waals surface area contributed by atoms with Crippen LogP contribution in [0, 0.1) is 5.92 Å². The summed E-state index contributed by atoms with van der Waals surface area (Å²) in [6.07, 6.45) is 68.2. The van der Waals surface area contributed by atoms with Crippen molar-refractivity contribution in [3.05, 3.63) is 0 Å². The van der Waals surface area contributed by atoms with E-state index in [-0.39, 0.29) is 25.7 Å². The highest BCUT2D eigenvalue weighted by molar-refractivity contribution is 7.47. The number of ether oxygens (including phenoxy) is 4. The zero-order valence-corrected chi connectivity index (χ0v) is 68.5. The van der Waals surface area contributed by atoms with Crippen molar-refractivity contribution in [3.8, 4) is 0 Å². The summed E-state index contributed by atoms with van der Waals surface area (Å²) in [6.45, 7) is 7.28. The molecule has 0 fully saturated rings. The molecule has 0 bridgehead atoms. The van der Waals surface area contributed by atoms with Crippen molar-refractivity contribution in [1.29, 1.82) is 0 Å². The maximum atomic E-state index is 13.1.